The molecule has 3 aromatic rings. The number of alkyl halides is 2. The van der Waals surface area contributed by atoms with Gasteiger partial charge in [0.2, 0.25) is 0 Å². The van der Waals surface area contributed by atoms with Crippen molar-refractivity contribution in [1.29, 1.82) is 0 Å². The second-order valence-electron chi connectivity index (χ2n) is 5.11. The molecule has 0 radical (unpaired) electrons. The maximum atomic E-state index is 12.4. The Morgan fingerprint density at radius 3 is 2.72 bits per heavy atom. The van der Waals surface area contributed by atoms with Crippen LogP contribution in [0.5, 0.6) is 11.5 Å². The minimum atomic E-state index is -2.98. The van der Waals surface area contributed by atoms with Crippen molar-refractivity contribution in [2.24, 2.45) is 0 Å². The lowest BCUT2D eigenvalue weighted by Crippen LogP contribution is -2.12. The molecular formula is C17H14F2N2O4. The number of fused-ring (bicyclic) bond motifs is 1. The summed E-state index contributed by atoms with van der Waals surface area (Å²) in [5.41, 5.74) is 1.99. The van der Waals surface area contributed by atoms with Crippen LogP contribution in [-0.4, -0.2) is 24.6 Å². The number of carbonyl (C=O) groups excluding carboxylic acids is 1. The Bertz CT molecular complexity index is 924. The molecule has 25 heavy (non-hydrogen) atoms. The summed E-state index contributed by atoms with van der Waals surface area (Å²) < 4.78 is 39.4. The summed E-state index contributed by atoms with van der Waals surface area (Å²) in [7, 11) is 1.30. The third-order valence-corrected chi connectivity index (χ3v) is 3.39. The monoisotopic (exact) mass is 348 g/mol. The first kappa shape index (κ1) is 16.7. The molecule has 0 bridgehead atoms. The minimum absolute atomic E-state index is 0.0375. The molecule has 0 saturated heterocycles. The number of benzene rings is 2. The van der Waals surface area contributed by atoms with Crippen molar-refractivity contribution >= 4 is 22.7 Å². The van der Waals surface area contributed by atoms with Gasteiger partial charge in [-0.2, -0.15) is 8.78 Å². The lowest BCUT2D eigenvalue weighted by atomic mass is 10.1. The minimum Gasteiger partial charge on any atom is -0.493 e. The number of aromatic nitrogens is 1. The Balaban J connectivity index is 1.81. The topological polar surface area (TPSA) is 73.6 Å². The molecule has 0 atom stereocenters. The van der Waals surface area contributed by atoms with Gasteiger partial charge in [-0.05, 0) is 36.4 Å². The van der Waals surface area contributed by atoms with Gasteiger partial charge in [0.1, 0.15) is 5.52 Å². The van der Waals surface area contributed by atoms with Crippen LogP contribution in [0.25, 0.3) is 11.1 Å². The van der Waals surface area contributed by atoms with Gasteiger partial charge in [0.05, 0.1) is 7.11 Å². The summed E-state index contributed by atoms with van der Waals surface area (Å²) in [5.74, 6) is -0.0108. The van der Waals surface area contributed by atoms with Gasteiger partial charge in [-0.3, -0.25) is 4.79 Å². The molecule has 1 aromatic heterocycles. The number of ether oxygens (including phenoxy) is 2. The van der Waals surface area contributed by atoms with E-state index >= 15 is 0 Å². The number of methoxy groups -OCH3 is 1. The van der Waals surface area contributed by atoms with Crippen LogP contribution in [-0.2, 0) is 0 Å². The summed E-state index contributed by atoms with van der Waals surface area (Å²) in [6, 6.07) is 9.00. The number of amides is 1. The fourth-order valence-electron chi connectivity index (χ4n) is 2.33. The lowest BCUT2D eigenvalue weighted by molar-refractivity contribution is -0.0512. The summed E-state index contributed by atoms with van der Waals surface area (Å²) >= 11 is 0. The highest BCUT2D eigenvalue weighted by Crippen LogP contribution is 2.30. The highest BCUT2D eigenvalue weighted by molar-refractivity contribution is 6.05. The number of anilines is 1. The average molecular weight is 348 g/mol. The summed E-state index contributed by atoms with van der Waals surface area (Å²) in [5, 5.41) is 2.71. The maximum absolute atomic E-state index is 12.4. The van der Waals surface area contributed by atoms with Crippen LogP contribution in [0.15, 0.2) is 40.8 Å². The maximum Gasteiger partial charge on any atom is 0.387 e. The smallest absolute Gasteiger partial charge is 0.387 e. The SMILES string of the molecule is COc1cc(C(=O)Nc2ccc3oc(C)nc3c2)ccc1OC(F)F. The van der Waals surface area contributed by atoms with Gasteiger partial charge in [0.15, 0.2) is 23.0 Å². The van der Waals surface area contributed by atoms with Gasteiger partial charge in [-0.15, -0.1) is 0 Å². The van der Waals surface area contributed by atoms with Crippen molar-refractivity contribution in [2.45, 2.75) is 13.5 Å². The molecule has 130 valence electrons. The van der Waals surface area contributed by atoms with E-state index in [9.17, 15) is 13.6 Å². The van der Waals surface area contributed by atoms with Crippen LogP contribution in [0.1, 0.15) is 16.2 Å². The van der Waals surface area contributed by atoms with Crippen molar-refractivity contribution in [3.05, 3.63) is 47.9 Å². The van der Waals surface area contributed by atoms with Crippen LogP contribution < -0.4 is 14.8 Å². The summed E-state index contributed by atoms with van der Waals surface area (Å²) in [4.78, 5) is 16.6. The Kier molecular flexibility index (Phi) is 4.51. The van der Waals surface area contributed by atoms with E-state index in [1.807, 2.05) is 0 Å². The highest BCUT2D eigenvalue weighted by atomic mass is 19.3. The molecule has 0 unspecified atom stereocenters. The number of oxazole rings is 1. The molecule has 1 heterocycles. The molecular weight excluding hydrogens is 334 g/mol. The predicted octanol–water partition coefficient (Wildman–Crippen LogP) is 4.00. The number of nitrogens with one attached hydrogen (secondary N) is 1. The van der Waals surface area contributed by atoms with Crippen molar-refractivity contribution in [3.63, 3.8) is 0 Å². The Morgan fingerprint density at radius 1 is 1.20 bits per heavy atom. The molecule has 0 aliphatic heterocycles. The van der Waals surface area contributed by atoms with Crippen molar-refractivity contribution < 1.29 is 27.5 Å². The molecule has 2 aromatic carbocycles. The Labute approximate surface area is 141 Å². The van der Waals surface area contributed by atoms with E-state index < -0.39 is 12.5 Å². The summed E-state index contributed by atoms with van der Waals surface area (Å²) in [6.07, 6.45) is 0. The first-order chi connectivity index (χ1) is 12.0. The molecule has 0 fully saturated rings. The van der Waals surface area contributed by atoms with Crippen LogP contribution in [0.2, 0.25) is 0 Å². The largest absolute Gasteiger partial charge is 0.493 e. The average Bonchev–Trinajstić information content (AvgIpc) is 2.94. The van der Waals surface area contributed by atoms with Crippen LogP contribution in [0.3, 0.4) is 0 Å². The predicted molar refractivity (Wildman–Crippen MR) is 86.3 cm³/mol. The molecule has 0 spiro atoms. The van der Waals surface area contributed by atoms with Crippen LogP contribution in [0, 0.1) is 6.92 Å². The Hall–Kier alpha value is -3.16. The van der Waals surface area contributed by atoms with Crippen molar-refractivity contribution in [3.8, 4) is 11.5 Å². The van der Waals surface area contributed by atoms with Gasteiger partial charge in [-0.1, -0.05) is 0 Å². The summed E-state index contributed by atoms with van der Waals surface area (Å²) in [6.45, 7) is -1.25. The highest BCUT2D eigenvalue weighted by Gasteiger charge is 2.15. The zero-order chi connectivity index (χ0) is 18.0. The third kappa shape index (κ3) is 3.68. The van der Waals surface area contributed by atoms with Crippen molar-refractivity contribution in [2.75, 3.05) is 12.4 Å². The van der Waals surface area contributed by atoms with Gasteiger partial charge < -0.3 is 19.2 Å². The zero-order valence-electron chi connectivity index (χ0n) is 13.4. The number of hydrogen-bond acceptors (Lipinski definition) is 5. The second-order valence-corrected chi connectivity index (χ2v) is 5.11. The van der Waals surface area contributed by atoms with Crippen LogP contribution in [0.4, 0.5) is 14.5 Å². The normalized spacial score (nSPS) is 10.9. The lowest BCUT2D eigenvalue weighted by Gasteiger charge is -2.11. The van der Waals surface area contributed by atoms with E-state index in [0.29, 0.717) is 22.7 Å². The quantitative estimate of drug-likeness (QED) is 0.754. The van der Waals surface area contributed by atoms with E-state index in [0.717, 1.165) is 0 Å². The number of halogens is 2. The zero-order valence-corrected chi connectivity index (χ0v) is 13.4. The Morgan fingerprint density at radius 2 is 2.00 bits per heavy atom. The van der Waals surface area contributed by atoms with Gasteiger partial charge in [-0.25, -0.2) is 4.98 Å². The molecule has 1 amide bonds. The number of rotatable bonds is 5. The van der Waals surface area contributed by atoms with Gasteiger partial charge >= 0.3 is 6.61 Å². The molecule has 0 saturated carbocycles. The molecule has 0 aliphatic rings. The first-order valence-electron chi connectivity index (χ1n) is 7.27. The molecule has 8 heteroatoms. The van der Waals surface area contributed by atoms with E-state index in [1.54, 1.807) is 25.1 Å². The molecule has 0 aliphatic carbocycles. The van der Waals surface area contributed by atoms with E-state index in [4.69, 9.17) is 9.15 Å². The van der Waals surface area contributed by atoms with E-state index in [1.165, 1.54) is 25.3 Å². The molecule has 3 rings (SSSR count). The fourth-order valence-corrected chi connectivity index (χ4v) is 2.33. The standard InChI is InChI=1S/C17H14F2N2O4/c1-9-20-12-8-11(4-6-13(12)24-9)21-16(22)10-3-5-14(25-17(18)19)15(7-10)23-2/h3-8,17H,1-2H3,(H,21,22). The van der Waals surface area contributed by atoms with Crippen molar-refractivity contribution in [1.82, 2.24) is 4.98 Å². The molecule has 1 N–H and O–H groups in total. The fraction of sp³-hybridized carbons (Fsp3) is 0.176. The van der Waals surface area contributed by atoms with Crippen LogP contribution >= 0.6 is 0 Å². The number of hydrogen-bond donors (Lipinski definition) is 1. The number of aryl methyl sites for hydroxylation is 1. The molecule has 6 nitrogen and oxygen atoms in total. The number of carbonyl (C=O) groups is 1. The van der Waals surface area contributed by atoms with E-state index in [-0.39, 0.29) is 17.1 Å². The van der Waals surface area contributed by atoms with Gasteiger partial charge in [0, 0.05) is 18.2 Å². The van der Waals surface area contributed by atoms with Gasteiger partial charge in [0.25, 0.3) is 5.91 Å². The second kappa shape index (κ2) is 6.76. The first-order valence-corrected chi connectivity index (χ1v) is 7.27. The third-order valence-electron chi connectivity index (χ3n) is 3.39. The number of nitrogens with zero attached hydrogens (tertiary/aromatic N) is 1. The van der Waals surface area contributed by atoms with E-state index in [2.05, 4.69) is 15.0 Å².